The molecule has 20 heavy (non-hydrogen) atoms. The molecule has 3 nitrogen and oxygen atoms in total. The molecule has 1 fully saturated rings. The van der Waals surface area contributed by atoms with Gasteiger partial charge in [0.1, 0.15) is 0 Å². The van der Waals surface area contributed by atoms with Crippen molar-refractivity contribution in [2.75, 3.05) is 26.7 Å². The first-order chi connectivity index (χ1) is 9.74. The van der Waals surface area contributed by atoms with Gasteiger partial charge < -0.3 is 10.1 Å². The molecule has 1 aliphatic heterocycles. The van der Waals surface area contributed by atoms with E-state index in [0.29, 0.717) is 11.8 Å². The summed E-state index contributed by atoms with van der Waals surface area (Å²) in [6, 6.07) is 5.83. The van der Waals surface area contributed by atoms with E-state index in [0.717, 1.165) is 31.7 Å². The Kier molecular flexibility index (Phi) is 5.80. The van der Waals surface area contributed by atoms with Gasteiger partial charge in [-0.3, -0.25) is 4.90 Å². The number of likely N-dealkylation sites (tertiary alicyclic amines) is 1. The maximum Gasteiger partial charge on any atom is 0.165 e. The van der Waals surface area contributed by atoms with Crippen molar-refractivity contribution in [2.24, 2.45) is 0 Å². The van der Waals surface area contributed by atoms with E-state index >= 15 is 0 Å². The molecule has 1 heterocycles. The highest BCUT2D eigenvalue weighted by atomic mass is 19.1. The maximum absolute atomic E-state index is 13.7. The number of piperidine rings is 1. The first-order valence-corrected chi connectivity index (χ1v) is 7.51. The topological polar surface area (TPSA) is 24.5 Å². The van der Waals surface area contributed by atoms with E-state index in [9.17, 15) is 4.39 Å². The molecule has 0 amide bonds. The molecular weight excluding hydrogens is 255 g/mol. The predicted molar refractivity (Wildman–Crippen MR) is 79.5 cm³/mol. The van der Waals surface area contributed by atoms with Crippen molar-refractivity contribution in [3.8, 4) is 5.75 Å². The van der Waals surface area contributed by atoms with Gasteiger partial charge in [-0.05, 0) is 43.6 Å². The zero-order valence-electron chi connectivity index (χ0n) is 12.5. The normalized spacial score (nSPS) is 20.1. The molecule has 0 bridgehead atoms. The molecule has 0 aliphatic carbocycles. The van der Waals surface area contributed by atoms with Crippen LogP contribution in [0.15, 0.2) is 18.2 Å². The van der Waals surface area contributed by atoms with Crippen molar-refractivity contribution in [3.63, 3.8) is 0 Å². The Morgan fingerprint density at radius 3 is 2.95 bits per heavy atom. The number of hydrogen-bond acceptors (Lipinski definition) is 3. The minimum atomic E-state index is -0.273. The van der Waals surface area contributed by atoms with Crippen LogP contribution in [0.5, 0.6) is 5.75 Å². The molecule has 4 heteroatoms. The molecule has 0 radical (unpaired) electrons. The van der Waals surface area contributed by atoms with E-state index in [1.54, 1.807) is 12.1 Å². The third-order valence-electron chi connectivity index (χ3n) is 3.98. The zero-order valence-corrected chi connectivity index (χ0v) is 12.5. The number of nitrogens with zero attached hydrogens (tertiary/aromatic N) is 1. The molecule has 1 unspecified atom stereocenters. The van der Waals surface area contributed by atoms with Crippen molar-refractivity contribution < 1.29 is 9.13 Å². The van der Waals surface area contributed by atoms with Crippen LogP contribution in [0.2, 0.25) is 0 Å². The monoisotopic (exact) mass is 280 g/mol. The quantitative estimate of drug-likeness (QED) is 0.867. The van der Waals surface area contributed by atoms with Crippen LogP contribution in [0.1, 0.15) is 31.7 Å². The fourth-order valence-electron chi connectivity index (χ4n) is 2.85. The summed E-state index contributed by atoms with van der Waals surface area (Å²) < 4.78 is 18.7. The Morgan fingerprint density at radius 2 is 2.25 bits per heavy atom. The van der Waals surface area contributed by atoms with E-state index in [1.807, 2.05) is 6.07 Å². The van der Waals surface area contributed by atoms with Gasteiger partial charge in [0.2, 0.25) is 0 Å². The summed E-state index contributed by atoms with van der Waals surface area (Å²) in [5.41, 5.74) is 1.02. The van der Waals surface area contributed by atoms with Gasteiger partial charge in [0, 0.05) is 19.1 Å². The lowest BCUT2D eigenvalue weighted by Crippen LogP contribution is -2.44. The van der Waals surface area contributed by atoms with E-state index in [4.69, 9.17) is 4.74 Å². The second-order valence-corrected chi connectivity index (χ2v) is 5.40. The summed E-state index contributed by atoms with van der Waals surface area (Å²) >= 11 is 0. The summed E-state index contributed by atoms with van der Waals surface area (Å²) in [7, 11) is 1.50. The van der Waals surface area contributed by atoms with Crippen LogP contribution in [0.25, 0.3) is 0 Å². The summed E-state index contributed by atoms with van der Waals surface area (Å²) in [6.45, 7) is 6.07. The molecule has 112 valence electrons. The van der Waals surface area contributed by atoms with Crippen molar-refractivity contribution in [3.05, 3.63) is 29.6 Å². The highest BCUT2D eigenvalue weighted by Crippen LogP contribution is 2.22. The van der Waals surface area contributed by atoms with Crippen LogP contribution in [-0.2, 0) is 6.54 Å². The second-order valence-electron chi connectivity index (χ2n) is 5.40. The largest absolute Gasteiger partial charge is 0.494 e. The Balaban J connectivity index is 2.00. The highest BCUT2D eigenvalue weighted by Gasteiger charge is 2.22. The molecular formula is C16H25FN2O. The summed E-state index contributed by atoms with van der Waals surface area (Å²) in [4.78, 5) is 2.47. The molecule has 1 N–H and O–H groups in total. The van der Waals surface area contributed by atoms with Crippen molar-refractivity contribution in [1.29, 1.82) is 0 Å². The minimum absolute atomic E-state index is 0.273. The minimum Gasteiger partial charge on any atom is -0.494 e. The Labute approximate surface area is 121 Å². The number of ether oxygens (including phenoxy) is 1. The molecule has 1 aromatic carbocycles. The van der Waals surface area contributed by atoms with Crippen molar-refractivity contribution in [2.45, 2.75) is 38.8 Å². The fraction of sp³-hybridized carbons (Fsp3) is 0.625. The fourth-order valence-corrected chi connectivity index (χ4v) is 2.85. The molecule has 1 aliphatic rings. The van der Waals surface area contributed by atoms with Gasteiger partial charge in [0.25, 0.3) is 0 Å². The van der Waals surface area contributed by atoms with Crippen molar-refractivity contribution in [1.82, 2.24) is 10.2 Å². The van der Waals surface area contributed by atoms with Gasteiger partial charge in [-0.1, -0.05) is 19.4 Å². The van der Waals surface area contributed by atoms with Crippen molar-refractivity contribution >= 4 is 0 Å². The average Bonchev–Trinajstić information content (AvgIpc) is 2.46. The van der Waals surface area contributed by atoms with Gasteiger partial charge in [-0.25, -0.2) is 4.39 Å². The van der Waals surface area contributed by atoms with Crippen LogP contribution in [0.3, 0.4) is 0 Å². The Morgan fingerprint density at radius 1 is 1.40 bits per heavy atom. The third kappa shape index (κ3) is 3.93. The average molecular weight is 280 g/mol. The summed E-state index contributed by atoms with van der Waals surface area (Å²) in [5, 5.41) is 3.43. The number of likely N-dealkylation sites (N-methyl/N-ethyl adjacent to an activating group) is 1. The number of benzene rings is 1. The number of methoxy groups -OCH3 is 1. The highest BCUT2D eigenvalue weighted by molar-refractivity contribution is 5.29. The lowest BCUT2D eigenvalue weighted by atomic mass is 10.0. The first kappa shape index (κ1) is 15.3. The van der Waals surface area contributed by atoms with Gasteiger partial charge >= 0.3 is 0 Å². The molecule has 1 atom stereocenters. The summed E-state index contributed by atoms with van der Waals surface area (Å²) in [6.07, 6.45) is 3.76. The molecule has 1 saturated heterocycles. The lowest BCUT2D eigenvalue weighted by Gasteiger charge is -2.36. The smallest absolute Gasteiger partial charge is 0.165 e. The van der Waals surface area contributed by atoms with Crippen LogP contribution in [0, 0.1) is 5.82 Å². The summed E-state index contributed by atoms with van der Waals surface area (Å²) in [5.74, 6) is 0.0434. The lowest BCUT2D eigenvalue weighted by molar-refractivity contribution is 0.138. The number of halogens is 1. The van der Waals surface area contributed by atoms with Gasteiger partial charge in [0.05, 0.1) is 7.11 Å². The Hall–Kier alpha value is -1.13. The standard InChI is InChI=1S/C16H25FN2O/c1-3-18-11-14-6-4-5-9-19(14)12-13-7-8-16(20-2)15(17)10-13/h7-8,10,14,18H,3-6,9,11-12H2,1-2H3. The predicted octanol–water partition coefficient (Wildman–Crippen LogP) is 2.80. The van der Waals surface area contributed by atoms with Gasteiger partial charge in [-0.2, -0.15) is 0 Å². The van der Waals surface area contributed by atoms with E-state index in [-0.39, 0.29) is 5.82 Å². The molecule has 0 saturated carbocycles. The number of rotatable bonds is 6. The maximum atomic E-state index is 13.7. The molecule has 0 spiro atoms. The SMILES string of the molecule is CCNCC1CCCCN1Cc1ccc(OC)c(F)c1. The zero-order chi connectivity index (χ0) is 14.4. The number of hydrogen-bond donors (Lipinski definition) is 1. The van der Waals surface area contributed by atoms with E-state index < -0.39 is 0 Å². The Bertz CT molecular complexity index is 425. The van der Waals surface area contributed by atoms with Crippen LogP contribution in [0.4, 0.5) is 4.39 Å². The third-order valence-corrected chi connectivity index (χ3v) is 3.98. The molecule has 0 aromatic heterocycles. The molecule has 2 rings (SSSR count). The van der Waals surface area contributed by atoms with Crippen LogP contribution < -0.4 is 10.1 Å². The number of nitrogens with one attached hydrogen (secondary N) is 1. The second kappa shape index (κ2) is 7.60. The van der Waals surface area contributed by atoms with Crippen LogP contribution in [-0.4, -0.2) is 37.7 Å². The van der Waals surface area contributed by atoms with E-state index in [1.165, 1.54) is 26.4 Å². The van der Waals surface area contributed by atoms with Crippen LogP contribution >= 0.6 is 0 Å². The van der Waals surface area contributed by atoms with E-state index in [2.05, 4.69) is 17.1 Å². The van der Waals surface area contributed by atoms with Gasteiger partial charge in [0.15, 0.2) is 11.6 Å². The van der Waals surface area contributed by atoms with Gasteiger partial charge in [-0.15, -0.1) is 0 Å². The first-order valence-electron chi connectivity index (χ1n) is 7.51. The molecule has 1 aromatic rings.